The zero-order valence-corrected chi connectivity index (χ0v) is 10.6. The molecule has 0 unspecified atom stereocenters. The van der Waals surface area contributed by atoms with E-state index in [9.17, 15) is 9.18 Å². The van der Waals surface area contributed by atoms with Crippen LogP contribution < -0.4 is 10.6 Å². The van der Waals surface area contributed by atoms with E-state index < -0.39 is 5.82 Å². The van der Waals surface area contributed by atoms with Crippen LogP contribution in [0.1, 0.15) is 24.2 Å². The lowest BCUT2D eigenvalue weighted by Gasteiger charge is -2.09. The predicted octanol–water partition coefficient (Wildman–Crippen LogP) is 2.21. The Morgan fingerprint density at radius 3 is 2.76 bits per heavy atom. The van der Waals surface area contributed by atoms with Crippen molar-refractivity contribution in [2.45, 2.75) is 19.9 Å². The Kier molecular flexibility index (Phi) is 5.38. The molecule has 1 rings (SSSR count). The van der Waals surface area contributed by atoms with Crippen molar-refractivity contribution in [1.82, 2.24) is 10.6 Å². The fourth-order valence-corrected chi connectivity index (χ4v) is 1.52. The molecule has 0 radical (unpaired) electrons. The van der Waals surface area contributed by atoms with Crippen LogP contribution >= 0.6 is 11.6 Å². The van der Waals surface area contributed by atoms with Crippen molar-refractivity contribution in [2.24, 2.45) is 0 Å². The van der Waals surface area contributed by atoms with E-state index in [0.717, 1.165) is 0 Å². The van der Waals surface area contributed by atoms with Crippen LogP contribution in [0.4, 0.5) is 4.39 Å². The molecule has 0 saturated heterocycles. The number of carbonyl (C=O) groups excluding carboxylic acids is 1. The van der Waals surface area contributed by atoms with Gasteiger partial charge in [-0.3, -0.25) is 4.79 Å². The highest BCUT2D eigenvalue weighted by Crippen LogP contribution is 2.19. The van der Waals surface area contributed by atoms with Crippen molar-refractivity contribution in [3.05, 3.63) is 34.6 Å². The molecule has 0 aliphatic carbocycles. The number of carbonyl (C=O) groups is 1. The van der Waals surface area contributed by atoms with Crippen LogP contribution in [0.3, 0.4) is 0 Å². The summed E-state index contributed by atoms with van der Waals surface area (Å²) < 4.78 is 13.1. The predicted molar refractivity (Wildman–Crippen MR) is 66.9 cm³/mol. The molecule has 2 N–H and O–H groups in total. The van der Waals surface area contributed by atoms with Gasteiger partial charge in [0, 0.05) is 19.1 Å². The molecule has 0 spiro atoms. The summed E-state index contributed by atoms with van der Waals surface area (Å²) in [6, 6.07) is 4.54. The Morgan fingerprint density at radius 1 is 1.41 bits per heavy atom. The monoisotopic (exact) mass is 258 g/mol. The minimum Gasteiger partial charge on any atom is -0.351 e. The summed E-state index contributed by atoms with van der Waals surface area (Å²) in [6.07, 6.45) is 0. The van der Waals surface area contributed by atoms with Crippen molar-refractivity contribution < 1.29 is 9.18 Å². The molecule has 3 nitrogen and oxygen atoms in total. The molecule has 0 aromatic heterocycles. The number of hydrogen-bond acceptors (Lipinski definition) is 2. The second-order valence-electron chi connectivity index (χ2n) is 3.97. The van der Waals surface area contributed by atoms with Gasteiger partial charge in [0.1, 0.15) is 5.82 Å². The molecule has 1 aromatic rings. The highest BCUT2D eigenvalue weighted by atomic mass is 35.5. The van der Waals surface area contributed by atoms with Gasteiger partial charge in [-0.1, -0.05) is 31.5 Å². The van der Waals surface area contributed by atoms with Gasteiger partial charge in [0.25, 0.3) is 5.91 Å². The van der Waals surface area contributed by atoms with Crippen LogP contribution in [0.25, 0.3) is 0 Å². The van der Waals surface area contributed by atoms with Gasteiger partial charge in [0.2, 0.25) is 0 Å². The molecule has 0 aliphatic rings. The number of benzene rings is 1. The van der Waals surface area contributed by atoms with E-state index in [0.29, 0.717) is 19.1 Å². The van der Waals surface area contributed by atoms with Crippen LogP contribution in [0.2, 0.25) is 5.02 Å². The fourth-order valence-electron chi connectivity index (χ4n) is 1.31. The zero-order chi connectivity index (χ0) is 12.8. The van der Waals surface area contributed by atoms with Gasteiger partial charge in [0.15, 0.2) is 0 Å². The fraction of sp³-hybridized carbons (Fsp3) is 0.417. The molecule has 1 aromatic carbocycles. The first-order chi connectivity index (χ1) is 8.02. The van der Waals surface area contributed by atoms with Gasteiger partial charge in [-0.15, -0.1) is 0 Å². The van der Waals surface area contributed by atoms with E-state index >= 15 is 0 Å². The Morgan fingerprint density at radius 2 is 2.12 bits per heavy atom. The molecule has 0 saturated carbocycles. The first kappa shape index (κ1) is 13.9. The summed E-state index contributed by atoms with van der Waals surface area (Å²) in [4.78, 5) is 11.7. The van der Waals surface area contributed by atoms with E-state index in [4.69, 9.17) is 11.6 Å². The van der Waals surface area contributed by atoms with Crippen LogP contribution in [0.15, 0.2) is 18.2 Å². The second kappa shape index (κ2) is 6.57. The van der Waals surface area contributed by atoms with Crippen LogP contribution in [-0.4, -0.2) is 25.0 Å². The molecule has 17 heavy (non-hydrogen) atoms. The van der Waals surface area contributed by atoms with Gasteiger partial charge in [-0.25, -0.2) is 4.39 Å². The maximum absolute atomic E-state index is 13.1. The third-order valence-electron chi connectivity index (χ3n) is 2.16. The smallest absolute Gasteiger partial charge is 0.252 e. The zero-order valence-electron chi connectivity index (χ0n) is 9.89. The quantitative estimate of drug-likeness (QED) is 0.795. The molecule has 0 aliphatic heterocycles. The standard InChI is InChI=1S/C12H16ClFN2O/c1-8(2)15-6-7-16-12(17)9-4-3-5-10(14)11(9)13/h3-5,8,15H,6-7H2,1-2H3,(H,16,17). The van der Waals surface area contributed by atoms with Crippen molar-refractivity contribution in [1.29, 1.82) is 0 Å². The highest BCUT2D eigenvalue weighted by molar-refractivity contribution is 6.34. The molecular formula is C12H16ClFN2O. The van der Waals surface area contributed by atoms with Gasteiger partial charge < -0.3 is 10.6 Å². The van der Waals surface area contributed by atoms with Gasteiger partial charge in [-0.2, -0.15) is 0 Å². The van der Waals surface area contributed by atoms with Crippen molar-refractivity contribution >= 4 is 17.5 Å². The average molecular weight is 259 g/mol. The Labute approximate surface area is 105 Å². The van der Waals surface area contributed by atoms with E-state index in [2.05, 4.69) is 10.6 Å². The number of nitrogens with one attached hydrogen (secondary N) is 2. The summed E-state index contributed by atoms with van der Waals surface area (Å²) >= 11 is 5.70. The maximum atomic E-state index is 13.1. The lowest BCUT2D eigenvalue weighted by atomic mass is 10.2. The van der Waals surface area contributed by atoms with Crippen molar-refractivity contribution in [3.63, 3.8) is 0 Å². The summed E-state index contributed by atoms with van der Waals surface area (Å²) in [7, 11) is 0. The molecule has 0 fully saturated rings. The second-order valence-corrected chi connectivity index (χ2v) is 4.34. The molecular weight excluding hydrogens is 243 g/mol. The first-order valence-corrected chi connectivity index (χ1v) is 5.85. The topological polar surface area (TPSA) is 41.1 Å². The number of amides is 1. The third kappa shape index (κ3) is 4.32. The molecule has 5 heteroatoms. The number of halogens is 2. The first-order valence-electron chi connectivity index (χ1n) is 5.48. The summed E-state index contributed by atoms with van der Waals surface area (Å²) in [5.41, 5.74) is 0.163. The molecule has 0 heterocycles. The van der Waals surface area contributed by atoms with Crippen LogP contribution in [0, 0.1) is 5.82 Å². The maximum Gasteiger partial charge on any atom is 0.252 e. The summed E-state index contributed by atoms with van der Waals surface area (Å²) in [5, 5.41) is 5.69. The van der Waals surface area contributed by atoms with E-state index in [1.807, 2.05) is 13.8 Å². The number of rotatable bonds is 5. The van der Waals surface area contributed by atoms with Crippen molar-refractivity contribution in [3.8, 4) is 0 Å². The van der Waals surface area contributed by atoms with E-state index in [1.165, 1.54) is 18.2 Å². The molecule has 94 valence electrons. The van der Waals surface area contributed by atoms with Gasteiger partial charge in [0.05, 0.1) is 10.6 Å². The molecule has 0 atom stereocenters. The minimum absolute atomic E-state index is 0.137. The SMILES string of the molecule is CC(C)NCCNC(=O)c1cccc(F)c1Cl. The lowest BCUT2D eigenvalue weighted by Crippen LogP contribution is -2.34. The molecule has 0 bridgehead atoms. The lowest BCUT2D eigenvalue weighted by molar-refractivity contribution is 0.0953. The minimum atomic E-state index is -0.584. The summed E-state index contributed by atoms with van der Waals surface area (Å²) in [6.45, 7) is 5.18. The van der Waals surface area contributed by atoms with Gasteiger partial charge in [-0.05, 0) is 12.1 Å². The van der Waals surface area contributed by atoms with Crippen molar-refractivity contribution in [2.75, 3.05) is 13.1 Å². The Bertz CT molecular complexity index is 396. The Balaban J connectivity index is 2.50. The van der Waals surface area contributed by atoms with Gasteiger partial charge >= 0.3 is 0 Å². The Hall–Kier alpha value is -1.13. The van der Waals surface area contributed by atoms with Crippen LogP contribution in [-0.2, 0) is 0 Å². The molecule has 1 amide bonds. The van der Waals surface area contributed by atoms with E-state index in [-0.39, 0.29) is 16.5 Å². The van der Waals surface area contributed by atoms with Crippen LogP contribution in [0.5, 0.6) is 0 Å². The average Bonchev–Trinajstić information content (AvgIpc) is 2.27. The highest BCUT2D eigenvalue weighted by Gasteiger charge is 2.12. The largest absolute Gasteiger partial charge is 0.351 e. The van der Waals surface area contributed by atoms with E-state index in [1.54, 1.807) is 0 Å². The third-order valence-corrected chi connectivity index (χ3v) is 2.54. The summed E-state index contributed by atoms with van der Waals surface area (Å²) in [5.74, 6) is -0.945. The normalized spacial score (nSPS) is 10.6. The number of hydrogen-bond donors (Lipinski definition) is 2.